The van der Waals surface area contributed by atoms with Crippen molar-refractivity contribution in [3.63, 3.8) is 0 Å². The van der Waals surface area contributed by atoms with E-state index in [2.05, 4.69) is 44.8 Å². The summed E-state index contributed by atoms with van der Waals surface area (Å²) in [5.41, 5.74) is 0.612. The summed E-state index contributed by atoms with van der Waals surface area (Å²) < 4.78 is 0. The molecule has 7 nitrogen and oxygen atoms in total. The maximum atomic E-state index is 12.8. The van der Waals surface area contributed by atoms with E-state index < -0.39 is 5.97 Å². The normalized spacial score (nSPS) is 16.7. The molecular weight excluding hydrogens is 452 g/mol. The number of hydrogen-bond acceptors (Lipinski definition) is 5. The molecule has 2 fully saturated rings. The molecule has 1 aliphatic heterocycles. The number of anilines is 2. The topological polar surface area (TPSA) is 85.8 Å². The van der Waals surface area contributed by atoms with Crippen LogP contribution in [0.4, 0.5) is 11.6 Å². The minimum Gasteiger partial charge on any atom is -0.481 e. The van der Waals surface area contributed by atoms with Crippen molar-refractivity contribution in [3.05, 3.63) is 17.7 Å². The molecular formula is C29H52N4O3. The van der Waals surface area contributed by atoms with E-state index in [4.69, 9.17) is 10.1 Å². The molecule has 2 N–H and O–H groups in total. The molecule has 2 aliphatic rings. The van der Waals surface area contributed by atoms with Crippen LogP contribution in [0.3, 0.4) is 0 Å². The third kappa shape index (κ3) is 11.6. The number of pyridine rings is 1. The Labute approximate surface area is 220 Å². The van der Waals surface area contributed by atoms with E-state index in [0.29, 0.717) is 24.0 Å². The number of carbonyl (C=O) groups is 2. The van der Waals surface area contributed by atoms with E-state index >= 15 is 0 Å². The third-order valence-corrected chi connectivity index (χ3v) is 6.58. The summed E-state index contributed by atoms with van der Waals surface area (Å²) in [4.78, 5) is 32.6. The van der Waals surface area contributed by atoms with E-state index in [0.717, 1.165) is 51.0 Å². The SMILES string of the molecule is CCCC.CCCCC.CCCNc1nc(N2CCCC(CC(=O)O)C2)ccc1C(=O)N(C)C1CC1. The van der Waals surface area contributed by atoms with Gasteiger partial charge in [-0.3, -0.25) is 9.59 Å². The first kappa shape index (κ1) is 31.7. The molecule has 0 aromatic carbocycles. The van der Waals surface area contributed by atoms with Gasteiger partial charge in [-0.05, 0) is 50.2 Å². The fourth-order valence-corrected chi connectivity index (χ4v) is 4.03. The number of aromatic nitrogens is 1. The largest absolute Gasteiger partial charge is 0.481 e. The lowest BCUT2D eigenvalue weighted by Gasteiger charge is -2.33. The lowest BCUT2D eigenvalue weighted by Crippen LogP contribution is -2.37. The Bertz CT molecular complexity index is 763. The van der Waals surface area contributed by atoms with Crippen LogP contribution in [0.1, 0.15) is 116 Å². The third-order valence-electron chi connectivity index (χ3n) is 6.58. The van der Waals surface area contributed by atoms with Gasteiger partial charge in [-0.2, -0.15) is 0 Å². The van der Waals surface area contributed by atoms with Crippen molar-refractivity contribution in [2.75, 3.05) is 36.9 Å². The number of carboxylic acid groups (broad SMARTS) is 1. The second-order valence-corrected chi connectivity index (χ2v) is 10.0. The maximum absolute atomic E-state index is 12.8. The molecule has 206 valence electrons. The van der Waals surface area contributed by atoms with Gasteiger partial charge < -0.3 is 20.2 Å². The highest BCUT2D eigenvalue weighted by atomic mass is 16.4. The van der Waals surface area contributed by atoms with Crippen LogP contribution in [0.5, 0.6) is 0 Å². The first-order chi connectivity index (χ1) is 17.3. The van der Waals surface area contributed by atoms with E-state index in [1.165, 1.54) is 32.1 Å². The van der Waals surface area contributed by atoms with Crippen molar-refractivity contribution in [1.82, 2.24) is 9.88 Å². The highest BCUT2D eigenvalue weighted by molar-refractivity contribution is 5.99. The van der Waals surface area contributed by atoms with Gasteiger partial charge in [0.2, 0.25) is 0 Å². The van der Waals surface area contributed by atoms with Crippen LogP contribution >= 0.6 is 0 Å². The first-order valence-corrected chi connectivity index (χ1v) is 14.3. The molecule has 36 heavy (non-hydrogen) atoms. The number of aliphatic carboxylic acids is 1. The number of carbonyl (C=O) groups excluding carboxylic acids is 1. The van der Waals surface area contributed by atoms with Gasteiger partial charge >= 0.3 is 5.97 Å². The van der Waals surface area contributed by atoms with Gasteiger partial charge in [0.15, 0.2) is 0 Å². The summed E-state index contributed by atoms with van der Waals surface area (Å²) >= 11 is 0. The Morgan fingerprint density at radius 1 is 1.03 bits per heavy atom. The highest BCUT2D eigenvalue weighted by Crippen LogP contribution is 2.30. The molecule has 0 bridgehead atoms. The second-order valence-electron chi connectivity index (χ2n) is 10.0. The molecule has 0 radical (unpaired) electrons. The fourth-order valence-electron chi connectivity index (χ4n) is 4.03. The van der Waals surface area contributed by atoms with Gasteiger partial charge in [0.05, 0.1) is 5.56 Å². The Morgan fingerprint density at radius 3 is 2.19 bits per heavy atom. The number of piperidine rings is 1. The molecule has 2 heterocycles. The molecule has 1 aliphatic carbocycles. The molecule has 0 spiro atoms. The van der Waals surface area contributed by atoms with Crippen molar-refractivity contribution in [3.8, 4) is 0 Å². The summed E-state index contributed by atoms with van der Waals surface area (Å²) in [5, 5.41) is 12.4. The van der Waals surface area contributed by atoms with Crippen LogP contribution < -0.4 is 10.2 Å². The number of rotatable bonds is 11. The molecule has 1 saturated carbocycles. The number of nitrogens with one attached hydrogen (secondary N) is 1. The number of carboxylic acids is 1. The van der Waals surface area contributed by atoms with E-state index in [1.54, 1.807) is 0 Å². The summed E-state index contributed by atoms with van der Waals surface area (Å²) in [6.45, 7) is 13.2. The van der Waals surface area contributed by atoms with Crippen LogP contribution in [0, 0.1) is 5.92 Å². The van der Waals surface area contributed by atoms with Crippen molar-refractivity contribution >= 4 is 23.5 Å². The monoisotopic (exact) mass is 504 g/mol. The summed E-state index contributed by atoms with van der Waals surface area (Å²) in [7, 11) is 1.86. The van der Waals surface area contributed by atoms with Crippen LogP contribution in [0.2, 0.25) is 0 Å². The number of nitrogens with zero attached hydrogens (tertiary/aromatic N) is 3. The van der Waals surface area contributed by atoms with E-state index in [9.17, 15) is 9.59 Å². The van der Waals surface area contributed by atoms with Crippen LogP contribution in [0.25, 0.3) is 0 Å². The predicted molar refractivity (Wildman–Crippen MR) is 151 cm³/mol. The zero-order valence-electron chi connectivity index (χ0n) is 23.8. The van der Waals surface area contributed by atoms with E-state index in [-0.39, 0.29) is 18.2 Å². The zero-order chi connectivity index (χ0) is 26.9. The Morgan fingerprint density at radius 2 is 1.69 bits per heavy atom. The molecule has 1 unspecified atom stereocenters. The van der Waals surface area contributed by atoms with E-state index in [1.807, 2.05) is 24.1 Å². The maximum Gasteiger partial charge on any atom is 0.303 e. The number of hydrogen-bond donors (Lipinski definition) is 2. The molecule has 1 amide bonds. The van der Waals surface area contributed by atoms with Crippen LogP contribution in [-0.2, 0) is 4.79 Å². The second kappa shape index (κ2) is 18.0. The Balaban J connectivity index is 0.000000620. The van der Waals surface area contributed by atoms with Gasteiger partial charge in [0.1, 0.15) is 11.6 Å². The molecule has 3 rings (SSSR count). The van der Waals surface area contributed by atoms with Crippen molar-refractivity contribution in [2.24, 2.45) is 5.92 Å². The Hall–Kier alpha value is -2.31. The molecule has 7 heteroatoms. The first-order valence-electron chi connectivity index (χ1n) is 14.3. The number of unbranched alkanes of at least 4 members (excludes halogenated alkanes) is 3. The fraction of sp³-hybridized carbons (Fsp3) is 0.759. The Kier molecular flexibility index (Phi) is 15.9. The lowest BCUT2D eigenvalue weighted by atomic mass is 9.95. The lowest BCUT2D eigenvalue weighted by molar-refractivity contribution is -0.138. The van der Waals surface area contributed by atoms with Crippen LogP contribution in [-0.4, -0.2) is 59.6 Å². The highest BCUT2D eigenvalue weighted by Gasteiger charge is 2.31. The van der Waals surface area contributed by atoms with Gasteiger partial charge in [0.25, 0.3) is 5.91 Å². The average molecular weight is 505 g/mol. The predicted octanol–water partition coefficient (Wildman–Crippen LogP) is 6.83. The smallest absolute Gasteiger partial charge is 0.303 e. The standard InChI is InChI=1S/C20H30N4O3.C5H12.C4H10/c1-3-10-21-19-16(20(27)23(2)15-6-7-15)8-9-17(22-19)24-11-4-5-14(13-24)12-18(25)26;1-3-5-4-2;1-3-4-2/h8-9,14-15H,3-7,10-13H2,1-2H3,(H,21,22)(H,25,26);3-5H2,1-2H3;3-4H2,1-2H3. The summed E-state index contributed by atoms with van der Waals surface area (Å²) in [6, 6.07) is 4.12. The summed E-state index contributed by atoms with van der Waals surface area (Å²) in [6.07, 6.45) is 11.9. The molecule has 1 saturated heterocycles. The van der Waals surface area contributed by atoms with Crippen molar-refractivity contribution in [1.29, 1.82) is 0 Å². The quantitative estimate of drug-likeness (QED) is 0.343. The van der Waals surface area contributed by atoms with Crippen molar-refractivity contribution in [2.45, 2.75) is 111 Å². The van der Waals surface area contributed by atoms with Crippen LogP contribution in [0.15, 0.2) is 12.1 Å². The van der Waals surface area contributed by atoms with Gasteiger partial charge in [-0.1, -0.05) is 66.7 Å². The molecule has 1 aromatic heterocycles. The molecule has 1 atom stereocenters. The average Bonchev–Trinajstić information content (AvgIpc) is 3.73. The minimum atomic E-state index is -0.746. The summed E-state index contributed by atoms with van der Waals surface area (Å²) in [5.74, 6) is 0.857. The van der Waals surface area contributed by atoms with Gasteiger partial charge in [-0.25, -0.2) is 4.98 Å². The van der Waals surface area contributed by atoms with Crippen molar-refractivity contribution < 1.29 is 14.7 Å². The number of amides is 1. The molecule has 1 aromatic rings. The van der Waals surface area contributed by atoms with Gasteiger partial charge in [-0.15, -0.1) is 0 Å². The zero-order valence-corrected chi connectivity index (χ0v) is 23.8. The minimum absolute atomic E-state index is 0.0116. The van der Waals surface area contributed by atoms with Gasteiger partial charge in [0, 0.05) is 39.1 Å².